The van der Waals surface area contributed by atoms with Gasteiger partial charge in [-0.3, -0.25) is 19.1 Å². The van der Waals surface area contributed by atoms with Crippen LogP contribution in [0.5, 0.6) is 0 Å². The van der Waals surface area contributed by atoms with Gasteiger partial charge in [-0.2, -0.15) is 0 Å². The van der Waals surface area contributed by atoms with E-state index in [4.69, 9.17) is 0 Å². The summed E-state index contributed by atoms with van der Waals surface area (Å²) in [5.74, 6) is -1.07. The van der Waals surface area contributed by atoms with Gasteiger partial charge < -0.3 is 15.6 Å². The number of aromatic amines is 2. The number of carbonyl (C=O) groups is 2. The fourth-order valence-corrected chi connectivity index (χ4v) is 4.30. The Labute approximate surface area is 213 Å². The highest BCUT2D eigenvalue weighted by Gasteiger charge is 2.17. The van der Waals surface area contributed by atoms with Crippen molar-refractivity contribution in [1.29, 1.82) is 0 Å². The molecule has 4 N–H and O–H groups in total. The summed E-state index contributed by atoms with van der Waals surface area (Å²) in [7, 11) is 0. The number of para-hydroxylation sites is 1. The van der Waals surface area contributed by atoms with Crippen LogP contribution < -0.4 is 16.4 Å². The van der Waals surface area contributed by atoms with Crippen LogP contribution in [0, 0.1) is 6.92 Å². The lowest BCUT2D eigenvalue weighted by atomic mass is 10.1. The number of hydrogen-bond donors (Lipinski definition) is 4. The molecule has 5 rings (SSSR count). The van der Waals surface area contributed by atoms with Crippen LogP contribution >= 0.6 is 15.9 Å². The molecule has 0 spiro atoms. The zero-order valence-corrected chi connectivity index (χ0v) is 20.6. The van der Waals surface area contributed by atoms with E-state index in [0.29, 0.717) is 28.1 Å². The number of aromatic nitrogens is 3. The largest absolute Gasteiger partial charge is 0.439 e. The molecule has 9 nitrogen and oxygen atoms in total. The zero-order chi connectivity index (χ0) is 25.2. The van der Waals surface area contributed by atoms with Crippen molar-refractivity contribution in [3.05, 3.63) is 98.6 Å². The van der Waals surface area contributed by atoms with Gasteiger partial charge in [0.05, 0.1) is 23.3 Å². The van der Waals surface area contributed by atoms with Crippen molar-refractivity contribution in [2.24, 2.45) is 0 Å². The van der Waals surface area contributed by atoms with E-state index in [9.17, 15) is 14.4 Å². The summed E-state index contributed by atoms with van der Waals surface area (Å²) < 4.78 is 5.33. The Hall–Kier alpha value is -4.44. The summed E-state index contributed by atoms with van der Waals surface area (Å²) in [5, 5.41) is 10.3. The highest BCUT2D eigenvalue weighted by molar-refractivity contribution is 9.10. The van der Waals surface area contributed by atoms with Crippen LogP contribution in [-0.2, 0) is 11.2 Å². The number of H-pyrrole nitrogens is 2. The lowest BCUT2D eigenvalue weighted by molar-refractivity contribution is -0.115. The van der Waals surface area contributed by atoms with Crippen molar-refractivity contribution >= 4 is 50.0 Å². The van der Waals surface area contributed by atoms with Gasteiger partial charge in [-0.15, -0.1) is 0 Å². The van der Waals surface area contributed by atoms with E-state index in [-0.39, 0.29) is 18.2 Å². The monoisotopic (exact) mass is 545 g/mol. The molecule has 2 amide bonds. The average molecular weight is 546 g/mol. The van der Waals surface area contributed by atoms with E-state index in [1.165, 1.54) is 0 Å². The normalized spacial score (nSPS) is 10.9. The van der Waals surface area contributed by atoms with Crippen LogP contribution in [0.15, 0.2) is 80.5 Å². The second-order valence-electron chi connectivity index (χ2n) is 8.25. The second-order valence-corrected chi connectivity index (χ2v) is 9.17. The predicted molar refractivity (Wildman–Crippen MR) is 140 cm³/mol. The van der Waals surface area contributed by atoms with Gasteiger partial charge in [0.25, 0.3) is 5.91 Å². The Morgan fingerprint density at radius 1 is 0.972 bits per heavy atom. The van der Waals surface area contributed by atoms with E-state index in [2.05, 4.69) is 46.2 Å². The lowest BCUT2D eigenvalue weighted by Gasteiger charge is -2.09. The van der Waals surface area contributed by atoms with E-state index in [1.54, 1.807) is 30.3 Å². The summed E-state index contributed by atoms with van der Waals surface area (Å²) in [5.41, 5.74) is 4.43. The van der Waals surface area contributed by atoms with Gasteiger partial charge in [0.15, 0.2) is 5.82 Å². The van der Waals surface area contributed by atoms with Crippen molar-refractivity contribution in [2.45, 2.75) is 13.3 Å². The second kappa shape index (κ2) is 9.67. The van der Waals surface area contributed by atoms with Gasteiger partial charge in [-0.05, 0) is 42.8 Å². The Bertz CT molecular complexity index is 1670. The van der Waals surface area contributed by atoms with Crippen molar-refractivity contribution in [3.8, 4) is 11.4 Å². The van der Waals surface area contributed by atoms with Gasteiger partial charge in [0.1, 0.15) is 5.69 Å². The Balaban J connectivity index is 1.38. The van der Waals surface area contributed by atoms with Gasteiger partial charge in [0.2, 0.25) is 5.91 Å². The topological polar surface area (TPSA) is 133 Å². The summed E-state index contributed by atoms with van der Waals surface area (Å²) in [6.07, 6.45) is 0.239. The zero-order valence-electron chi connectivity index (χ0n) is 19.0. The first-order valence-electron chi connectivity index (χ1n) is 11.0. The maximum Gasteiger partial charge on any atom is 0.439 e. The van der Waals surface area contributed by atoms with Gasteiger partial charge in [-0.1, -0.05) is 63.0 Å². The minimum absolute atomic E-state index is 0.158. The number of nitrogens with one attached hydrogen (secondary N) is 4. The number of benzene rings is 3. The SMILES string of the molecule is Cc1cccc(CC(=O)Nc2cccc3cc(C(=O)Nc4ccc(Br)cc4-c4noc(=O)[nH]4)[nH]c23)c1. The molecular formula is C26H20BrN5O4. The van der Waals surface area contributed by atoms with Crippen LogP contribution in [0.4, 0.5) is 11.4 Å². The maximum absolute atomic E-state index is 13.1. The number of fused-ring (bicyclic) bond motifs is 1. The first-order valence-corrected chi connectivity index (χ1v) is 11.8. The molecule has 0 bridgehead atoms. The molecule has 5 aromatic rings. The van der Waals surface area contributed by atoms with E-state index >= 15 is 0 Å². The summed E-state index contributed by atoms with van der Waals surface area (Å²) in [6.45, 7) is 1.98. The molecule has 36 heavy (non-hydrogen) atoms. The predicted octanol–water partition coefficient (Wildman–Crippen LogP) is 5.02. The van der Waals surface area contributed by atoms with E-state index in [1.807, 2.05) is 43.3 Å². The van der Waals surface area contributed by atoms with Crippen LogP contribution in [0.3, 0.4) is 0 Å². The Morgan fingerprint density at radius 3 is 2.58 bits per heavy atom. The maximum atomic E-state index is 13.1. The molecule has 10 heteroatoms. The minimum Gasteiger partial charge on any atom is -0.349 e. The number of anilines is 2. The Morgan fingerprint density at radius 2 is 1.81 bits per heavy atom. The molecular weight excluding hydrogens is 526 g/mol. The molecule has 2 aromatic heterocycles. The number of rotatable bonds is 6. The van der Waals surface area contributed by atoms with Crippen molar-refractivity contribution in [3.63, 3.8) is 0 Å². The molecule has 0 fully saturated rings. The molecule has 2 heterocycles. The standard InChI is InChI=1S/C26H20BrN5O4/c1-14-4-2-5-15(10-14)11-22(33)28-20-7-3-6-16-12-21(29-23(16)20)25(34)30-19-9-8-17(27)13-18(19)24-31-26(35)36-32-24/h2-10,12-13,29H,11H2,1H3,(H,28,33)(H,30,34)(H,31,32,35). The Kier molecular flexibility index (Phi) is 6.26. The smallest absolute Gasteiger partial charge is 0.349 e. The third-order valence-corrected chi connectivity index (χ3v) is 6.04. The first-order chi connectivity index (χ1) is 17.4. The molecule has 180 valence electrons. The minimum atomic E-state index is -0.699. The van der Waals surface area contributed by atoms with E-state index < -0.39 is 11.7 Å². The lowest BCUT2D eigenvalue weighted by Crippen LogP contribution is -2.15. The molecule has 0 aliphatic heterocycles. The number of carbonyl (C=O) groups excluding carboxylic acids is 2. The number of aryl methyl sites for hydroxylation is 1. The molecule has 0 aliphatic carbocycles. The molecule has 0 radical (unpaired) electrons. The number of nitrogens with zero attached hydrogens (tertiary/aromatic N) is 1. The molecule has 0 aliphatic rings. The summed E-state index contributed by atoms with van der Waals surface area (Å²) >= 11 is 3.38. The van der Waals surface area contributed by atoms with Crippen LogP contribution in [-0.4, -0.2) is 26.9 Å². The highest BCUT2D eigenvalue weighted by Crippen LogP contribution is 2.30. The van der Waals surface area contributed by atoms with Gasteiger partial charge in [0, 0.05) is 15.4 Å². The molecule has 0 atom stereocenters. The third kappa shape index (κ3) is 4.98. The fourth-order valence-electron chi connectivity index (χ4n) is 3.94. The van der Waals surface area contributed by atoms with Gasteiger partial charge in [-0.25, -0.2) is 4.79 Å². The first kappa shape index (κ1) is 23.3. The molecule has 0 unspecified atom stereocenters. The molecule has 0 saturated carbocycles. The van der Waals surface area contributed by atoms with Crippen LogP contribution in [0.1, 0.15) is 21.6 Å². The van der Waals surface area contributed by atoms with Crippen molar-refractivity contribution in [2.75, 3.05) is 10.6 Å². The fraction of sp³-hybridized carbons (Fsp3) is 0.0769. The van der Waals surface area contributed by atoms with Crippen LogP contribution in [0.25, 0.3) is 22.3 Å². The van der Waals surface area contributed by atoms with Gasteiger partial charge >= 0.3 is 5.76 Å². The number of halogens is 1. The summed E-state index contributed by atoms with van der Waals surface area (Å²) in [4.78, 5) is 42.8. The highest BCUT2D eigenvalue weighted by atomic mass is 79.9. The molecule has 3 aromatic carbocycles. The van der Waals surface area contributed by atoms with E-state index in [0.717, 1.165) is 21.0 Å². The number of amides is 2. The van der Waals surface area contributed by atoms with Crippen LogP contribution in [0.2, 0.25) is 0 Å². The third-order valence-electron chi connectivity index (χ3n) is 5.55. The van der Waals surface area contributed by atoms with Crippen molar-refractivity contribution in [1.82, 2.24) is 15.1 Å². The molecule has 0 saturated heterocycles. The number of hydrogen-bond acceptors (Lipinski definition) is 5. The van der Waals surface area contributed by atoms with Crippen molar-refractivity contribution < 1.29 is 14.1 Å². The quantitative estimate of drug-likeness (QED) is 0.238. The average Bonchev–Trinajstić information content (AvgIpc) is 3.47. The summed E-state index contributed by atoms with van der Waals surface area (Å²) in [6, 6.07) is 20.1.